The van der Waals surface area contributed by atoms with Crippen LogP contribution in [0.4, 0.5) is 5.13 Å². The largest absolute Gasteiger partial charge is 0.497 e. The van der Waals surface area contributed by atoms with E-state index in [1.165, 1.54) is 40.5 Å². The van der Waals surface area contributed by atoms with Crippen LogP contribution in [-0.4, -0.2) is 32.2 Å². The molecular formula is C23H19ClN2O4S2. The number of hydrogen-bond donors (Lipinski definition) is 0. The molecule has 1 heterocycles. The minimum atomic E-state index is -3.86. The molecule has 164 valence electrons. The predicted molar refractivity (Wildman–Crippen MR) is 127 cm³/mol. The molecule has 0 aliphatic rings. The Morgan fingerprint density at radius 2 is 1.78 bits per heavy atom. The second-order valence-electron chi connectivity index (χ2n) is 7.01. The Bertz CT molecular complexity index is 1350. The van der Waals surface area contributed by atoms with Gasteiger partial charge in [-0.05, 0) is 48.0 Å². The van der Waals surface area contributed by atoms with E-state index in [0.717, 1.165) is 10.3 Å². The molecule has 0 N–H and O–H groups in total. The average Bonchev–Trinajstić information content (AvgIpc) is 3.21. The van der Waals surface area contributed by atoms with Gasteiger partial charge in [0.1, 0.15) is 11.5 Å². The van der Waals surface area contributed by atoms with E-state index >= 15 is 0 Å². The van der Waals surface area contributed by atoms with Gasteiger partial charge >= 0.3 is 0 Å². The van der Waals surface area contributed by atoms with Gasteiger partial charge in [0.05, 0.1) is 28.8 Å². The first-order valence-electron chi connectivity index (χ1n) is 9.63. The molecular weight excluding hydrogens is 468 g/mol. The Morgan fingerprint density at radius 1 is 1.06 bits per heavy atom. The molecule has 4 rings (SSSR count). The van der Waals surface area contributed by atoms with Crippen LogP contribution in [0.2, 0.25) is 5.02 Å². The van der Waals surface area contributed by atoms with Gasteiger partial charge in [-0.3, -0.25) is 9.69 Å². The van der Waals surface area contributed by atoms with Crippen LogP contribution in [0.25, 0.3) is 10.2 Å². The van der Waals surface area contributed by atoms with Crippen molar-refractivity contribution in [1.29, 1.82) is 0 Å². The van der Waals surface area contributed by atoms with E-state index in [1.807, 2.05) is 42.5 Å². The number of methoxy groups -OCH3 is 1. The Labute approximate surface area is 195 Å². The molecule has 0 unspecified atom stereocenters. The first-order valence-corrected chi connectivity index (χ1v) is 12.5. The zero-order valence-electron chi connectivity index (χ0n) is 17.1. The molecule has 0 atom stereocenters. The number of anilines is 1. The molecule has 1 aromatic heterocycles. The molecule has 0 aliphatic heterocycles. The van der Waals surface area contributed by atoms with E-state index < -0.39 is 21.5 Å². The second kappa shape index (κ2) is 9.28. The summed E-state index contributed by atoms with van der Waals surface area (Å²) in [4.78, 5) is 19.3. The first-order chi connectivity index (χ1) is 15.4. The van der Waals surface area contributed by atoms with Gasteiger partial charge in [-0.25, -0.2) is 13.4 Å². The molecule has 0 radical (unpaired) electrons. The lowest BCUT2D eigenvalue weighted by atomic mass is 10.2. The number of benzene rings is 3. The normalized spacial score (nSPS) is 11.4. The summed E-state index contributed by atoms with van der Waals surface area (Å²) in [5, 5.41) is 0.847. The van der Waals surface area contributed by atoms with Gasteiger partial charge in [-0.15, -0.1) is 0 Å². The number of rotatable bonds is 7. The van der Waals surface area contributed by atoms with Crippen molar-refractivity contribution >= 4 is 54.0 Å². The number of thiazole rings is 1. The molecule has 0 spiro atoms. The number of aromatic nitrogens is 1. The summed E-state index contributed by atoms with van der Waals surface area (Å²) in [5.41, 5.74) is 1.57. The number of halogens is 1. The molecule has 6 nitrogen and oxygen atoms in total. The molecule has 0 aliphatic carbocycles. The number of nitrogens with zero attached hydrogens (tertiary/aromatic N) is 2. The van der Waals surface area contributed by atoms with Gasteiger partial charge in [0.25, 0.3) is 0 Å². The summed E-state index contributed by atoms with van der Waals surface area (Å²) in [7, 11) is -2.28. The fraction of sp³-hybridized carbons (Fsp3) is 0.130. The van der Waals surface area contributed by atoms with Gasteiger partial charge in [0.15, 0.2) is 15.0 Å². The minimum absolute atomic E-state index is 0.0453. The Balaban J connectivity index is 1.69. The quantitative estimate of drug-likeness (QED) is 0.369. The third-order valence-corrected chi connectivity index (χ3v) is 7.70. The van der Waals surface area contributed by atoms with E-state index in [2.05, 4.69) is 4.98 Å². The van der Waals surface area contributed by atoms with Crippen LogP contribution >= 0.6 is 22.9 Å². The van der Waals surface area contributed by atoms with Crippen LogP contribution < -0.4 is 9.64 Å². The maximum atomic E-state index is 13.3. The molecule has 4 aromatic rings. The smallest absolute Gasteiger partial charge is 0.244 e. The third-order valence-electron chi connectivity index (χ3n) is 4.79. The Hall–Kier alpha value is -2.94. The lowest BCUT2D eigenvalue weighted by Crippen LogP contribution is -2.35. The van der Waals surface area contributed by atoms with Crippen molar-refractivity contribution in [3.63, 3.8) is 0 Å². The van der Waals surface area contributed by atoms with Crippen LogP contribution in [0.5, 0.6) is 5.75 Å². The summed E-state index contributed by atoms with van der Waals surface area (Å²) in [6.07, 6.45) is 0. The highest BCUT2D eigenvalue weighted by molar-refractivity contribution is 7.92. The lowest BCUT2D eigenvalue weighted by molar-refractivity contribution is -0.116. The average molecular weight is 487 g/mol. The van der Waals surface area contributed by atoms with Gasteiger partial charge in [-0.1, -0.05) is 53.3 Å². The fourth-order valence-electron chi connectivity index (χ4n) is 3.13. The van der Waals surface area contributed by atoms with Crippen molar-refractivity contribution < 1.29 is 17.9 Å². The molecule has 32 heavy (non-hydrogen) atoms. The molecule has 9 heteroatoms. The van der Waals surface area contributed by atoms with Crippen LogP contribution in [0.15, 0.2) is 77.7 Å². The Morgan fingerprint density at radius 3 is 2.47 bits per heavy atom. The minimum Gasteiger partial charge on any atom is -0.497 e. The SMILES string of the molecule is COc1ccc2nc(N(Cc3ccccc3)C(=O)CS(=O)(=O)c3ccc(Cl)cc3)sc2c1. The van der Waals surface area contributed by atoms with E-state index in [-0.39, 0.29) is 11.4 Å². The number of carbonyl (C=O) groups is 1. The number of hydrogen-bond acceptors (Lipinski definition) is 6. The second-order valence-corrected chi connectivity index (χ2v) is 10.4. The summed E-state index contributed by atoms with van der Waals surface area (Å²) in [6.45, 7) is 0.201. The van der Waals surface area contributed by atoms with Crippen LogP contribution in [0.3, 0.4) is 0 Å². The number of carbonyl (C=O) groups excluding carboxylic acids is 1. The summed E-state index contributed by atoms with van der Waals surface area (Å²) in [5.74, 6) is -0.561. The maximum absolute atomic E-state index is 13.3. The van der Waals surface area contributed by atoms with Gasteiger partial charge in [0.2, 0.25) is 5.91 Å². The monoisotopic (exact) mass is 486 g/mol. The van der Waals surface area contributed by atoms with Crippen molar-refractivity contribution in [2.24, 2.45) is 0 Å². The maximum Gasteiger partial charge on any atom is 0.244 e. The standard InChI is InChI=1S/C23H19ClN2O4S2/c1-30-18-9-12-20-21(13-18)31-23(25-20)26(14-16-5-3-2-4-6-16)22(27)15-32(28,29)19-10-7-17(24)8-11-19/h2-13H,14-15H2,1H3. The van der Waals surface area contributed by atoms with Crippen LogP contribution in [0.1, 0.15) is 5.56 Å². The van der Waals surface area contributed by atoms with Crippen molar-refractivity contribution in [2.45, 2.75) is 11.4 Å². The number of sulfone groups is 1. The number of ether oxygens (including phenoxy) is 1. The summed E-state index contributed by atoms with van der Waals surface area (Å²) < 4.78 is 31.9. The summed E-state index contributed by atoms with van der Waals surface area (Å²) >= 11 is 7.17. The van der Waals surface area contributed by atoms with E-state index in [9.17, 15) is 13.2 Å². The topological polar surface area (TPSA) is 76.6 Å². The van der Waals surface area contributed by atoms with Crippen molar-refractivity contribution in [2.75, 3.05) is 17.8 Å². The van der Waals surface area contributed by atoms with E-state index in [1.54, 1.807) is 13.2 Å². The van der Waals surface area contributed by atoms with E-state index in [4.69, 9.17) is 16.3 Å². The highest BCUT2D eigenvalue weighted by Gasteiger charge is 2.27. The van der Waals surface area contributed by atoms with Crippen LogP contribution in [0, 0.1) is 0 Å². The number of amides is 1. The first kappa shape index (κ1) is 22.3. The lowest BCUT2D eigenvalue weighted by Gasteiger charge is -2.20. The van der Waals surface area contributed by atoms with E-state index in [0.29, 0.717) is 21.4 Å². The molecule has 0 saturated carbocycles. The van der Waals surface area contributed by atoms with Gasteiger partial charge in [0, 0.05) is 5.02 Å². The highest BCUT2D eigenvalue weighted by Crippen LogP contribution is 2.32. The van der Waals surface area contributed by atoms with Gasteiger partial charge in [-0.2, -0.15) is 0 Å². The zero-order chi connectivity index (χ0) is 22.7. The van der Waals surface area contributed by atoms with Crippen molar-refractivity contribution in [3.8, 4) is 5.75 Å². The third kappa shape index (κ3) is 4.93. The molecule has 0 saturated heterocycles. The molecule has 0 bridgehead atoms. The zero-order valence-corrected chi connectivity index (χ0v) is 19.5. The summed E-state index contributed by atoms with van der Waals surface area (Å²) in [6, 6.07) is 20.6. The Kier molecular flexibility index (Phi) is 6.45. The van der Waals surface area contributed by atoms with Crippen molar-refractivity contribution in [3.05, 3.63) is 83.4 Å². The van der Waals surface area contributed by atoms with Gasteiger partial charge < -0.3 is 4.74 Å². The van der Waals surface area contributed by atoms with Crippen LogP contribution in [-0.2, 0) is 21.2 Å². The molecule has 0 fully saturated rings. The molecule has 3 aromatic carbocycles. The number of fused-ring (bicyclic) bond motifs is 1. The highest BCUT2D eigenvalue weighted by atomic mass is 35.5. The molecule has 1 amide bonds. The predicted octanol–water partition coefficient (Wildman–Crippen LogP) is 4.97. The fourth-order valence-corrected chi connectivity index (χ4v) is 5.46. The van der Waals surface area contributed by atoms with Crippen molar-refractivity contribution in [1.82, 2.24) is 4.98 Å².